The fourth-order valence-corrected chi connectivity index (χ4v) is 2.76. The Bertz CT molecular complexity index is 303. The molecule has 3 nitrogen and oxygen atoms in total. The van der Waals surface area contributed by atoms with Crippen LogP contribution in [0.1, 0.15) is 45.4 Å². The molecule has 0 atom stereocenters. The molecule has 0 bridgehead atoms. The zero-order valence-corrected chi connectivity index (χ0v) is 10.3. The van der Waals surface area contributed by atoms with Crippen LogP contribution < -0.4 is 5.32 Å². The van der Waals surface area contributed by atoms with Crippen molar-refractivity contribution in [1.82, 2.24) is 9.36 Å². The summed E-state index contributed by atoms with van der Waals surface area (Å²) in [6.07, 6.45) is 6.18. The predicted octanol–water partition coefficient (Wildman–Crippen LogP) is 3.09. The molecule has 0 aliphatic heterocycles. The molecule has 2 rings (SSSR count). The molecule has 1 fully saturated rings. The van der Waals surface area contributed by atoms with E-state index in [1.807, 2.05) is 0 Å². The number of hydrogen-bond donors (Lipinski definition) is 1. The fraction of sp³-hybridized carbons (Fsp3) is 0.818. The Morgan fingerprint density at radius 3 is 2.67 bits per heavy atom. The van der Waals surface area contributed by atoms with Crippen molar-refractivity contribution in [3.05, 3.63) is 5.82 Å². The third kappa shape index (κ3) is 2.91. The number of anilines is 1. The zero-order chi connectivity index (χ0) is 10.7. The molecule has 0 radical (unpaired) electrons. The van der Waals surface area contributed by atoms with Gasteiger partial charge in [-0.15, -0.1) is 0 Å². The summed E-state index contributed by atoms with van der Waals surface area (Å²) in [6.45, 7) is 4.43. The second-order valence-corrected chi connectivity index (χ2v) is 5.22. The van der Waals surface area contributed by atoms with Crippen molar-refractivity contribution in [2.75, 3.05) is 5.32 Å². The molecule has 0 saturated heterocycles. The molecule has 1 aromatic heterocycles. The number of nitrogens with zero attached hydrogens (tertiary/aromatic N) is 2. The minimum atomic E-state index is 0.624. The third-order valence-electron chi connectivity index (χ3n) is 3.13. The van der Waals surface area contributed by atoms with Crippen molar-refractivity contribution in [3.63, 3.8) is 0 Å². The molecule has 1 aliphatic rings. The van der Waals surface area contributed by atoms with E-state index in [0.29, 0.717) is 6.04 Å². The summed E-state index contributed by atoms with van der Waals surface area (Å²) in [7, 11) is 0. The molecule has 1 aromatic rings. The first-order valence-corrected chi connectivity index (χ1v) is 6.64. The van der Waals surface area contributed by atoms with E-state index in [1.54, 1.807) is 0 Å². The van der Waals surface area contributed by atoms with E-state index in [2.05, 4.69) is 28.5 Å². The third-order valence-corrected chi connectivity index (χ3v) is 3.81. The number of aromatic nitrogens is 2. The van der Waals surface area contributed by atoms with Gasteiger partial charge in [0.25, 0.3) is 0 Å². The van der Waals surface area contributed by atoms with E-state index in [0.717, 1.165) is 23.3 Å². The van der Waals surface area contributed by atoms with Gasteiger partial charge in [-0.25, -0.2) is 4.98 Å². The van der Waals surface area contributed by atoms with Crippen molar-refractivity contribution in [3.8, 4) is 0 Å². The highest BCUT2D eigenvalue weighted by molar-refractivity contribution is 7.09. The van der Waals surface area contributed by atoms with Gasteiger partial charge >= 0.3 is 0 Å². The normalized spacial score (nSPS) is 26.5. The molecule has 84 valence electrons. The Balaban J connectivity index is 1.86. The van der Waals surface area contributed by atoms with E-state index in [1.165, 1.54) is 37.2 Å². The molecule has 1 aliphatic carbocycles. The average molecular weight is 225 g/mol. The molecular weight excluding hydrogens is 206 g/mol. The highest BCUT2D eigenvalue weighted by Crippen LogP contribution is 2.26. The molecule has 1 saturated carbocycles. The smallest absolute Gasteiger partial charge is 0.202 e. The van der Waals surface area contributed by atoms with Crippen LogP contribution in [0.2, 0.25) is 0 Å². The molecule has 4 heteroatoms. The quantitative estimate of drug-likeness (QED) is 0.859. The first kappa shape index (κ1) is 10.9. The Kier molecular flexibility index (Phi) is 3.57. The van der Waals surface area contributed by atoms with E-state index < -0.39 is 0 Å². The van der Waals surface area contributed by atoms with E-state index >= 15 is 0 Å². The monoisotopic (exact) mass is 225 g/mol. The molecule has 15 heavy (non-hydrogen) atoms. The van der Waals surface area contributed by atoms with Gasteiger partial charge in [0.1, 0.15) is 5.82 Å². The molecule has 1 N–H and O–H groups in total. The van der Waals surface area contributed by atoms with E-state index in [9.17, 15) is 0 Å². The minimum absolute atomic E-state index is 0.624. The van der Waals surface area contributed by atoms with Crippen LogP contribution in [0.5, 0.6) is 0 Å². The summed E-state index contributed by atoms with van der Waals surface area (Å²) < 4.78 is 4.28. The van der Waals surface area contributed by atoms with Crippen molar-refractivity contribution < 1.29 is 0 Å². The van der Waals surface area contributed by atoms with Gasteiger partial charge in [-0.05, 0) is 31.6 Å². The fourth-order valence-electron chi connectivity index (χ4n) is 2.04. The standard InChI is InChI=1S/C11H19N3S/c1-3-10-13-11(15-14-10)12-9-6-4-8(2)5-7-9/h8-9H,3-7H2,1-2H3,(H,12,13,14). The van der Waals surface area contributed by atoms with Gasteiger partial charge in [0.15, 0.2) is 0 Å². The van der Waals surface area contributed by atoms with Gasteiger partial charge < -0.3 is 5.32 Å². The predicted molar refractivity (Wildman–Crippen MR) is 64.3 cm³/mol. The summed E-state index contributed by atoms with van der Waals surface area (Å²) >= 11 is 1.50. The second-order valence-electron chi connectivity index (χ2n) is 4.47. The zero-order valence-electron chi connectivity index (χ0n) is 9.49. The number of hydrogen-bond acceptors (Lipinski definition) is 4. The van der Waals surface area contributed by atoms with E-state index in [4.69, 9.17) is 0 Å². The van der Waals surface area contributed by atoms with Crippen LogP contribution in [0, 0.1) is 5.92 Å². The van der Waals surface area contributed by atoms with Gasteiger partial charge in [0.05, 0.1) is 0 Å². The van der Waals surface area contributed by atoms with Crippen molar-refractivity contribution in [2.24, 2.45) is 5.92 Å². The highest BCUT2D eigenvalue weighted by atomic mass is 32.1. The lowest BCUT2D eigenvalue weighted by molar-refractivity contribution is 0.361. The molecule has 1 heterocycles. The SMILES string of the molecule is CCc1nsc(NC2CCC(C)CC2)n1. The minimum Gasteiger partial charge on any atom is -0.358 e. The van der Waals surface area contributed by atoms with Crippen molar-refractivity contribution >= 4 is 16.7 Å². The Labute approximate surface area is 95.5 Å². The first-order chi connectivity index (χ1) is 7.28. The van der Waals surface area contributed by atoms with Crippen molar-refractivity contribution in [1.29, 1.82) is 0 Å². The van der Waals surface area contributed by atoms with Gasteiger partial charge in [-0.2, -0.15) is 4.37 Å². The van der Waals surface area contributed by atoms with Crippen LogP contribution in [-0.2, 0) is 6.42 Å². The summed E-state index contributed by atoms with van der Waals surface area (Å²) in [5.74, 6) is 1.87. The Morgan fingerprint density at radius 2 is 2.07 bits per heavy atom. The topological polar surface area (TPSA) is 37.8 Å². The largest absolute Gasteiger partial charge is 0.358 e. The van der Waals surface area contributed by atoms with E-state index in [-0.39, 0.29) is 0 Å². The molecule has 0 unspecified atom stereocenters. The summed E-state index contributed by atoms with van der Waals surface area (Å²) in [5.41, 5.74) is 0. The maximum absolute atomic E-state index is 4.44. The maximum Gasteiger partial charge on any atom is 0.202 e. The van der Waals surface area contributed by atoms with Crippen LogP contribution in [0.4, 0.5) is 5.13 Å². The van der Waals surface area contributed by atoms with Gasteiger partial charge in [0, 0.05) is 24.0 Å². The van der Waals surface area contributed by atoms with Gasteiger partial charge in [-0.3, -0.25) is 0 Å². The lowest BCUT2D eigenvalue weighted by atomic mass is 9.87. The highest BCUT2D eigenvalue weighted by Gasteiger charge is 2.18. The lowest BCUT2D eigenvalue weighted by Gasteiger charge is -2.26. The van der Waals surface area contributed by atoms with Gasteiger partial charge in [-0.1, -0.05) is 13.8 Å². The second kappa shape index (κ2) is 4.92. The number of rotatable bonds is 3. The Morgan fingerprint density at radius 1 is 1.33 bits per heavy atom. The first-order valence-electron chi connectivity index (χ1n) is 5.87. The number of aryl methyl sites for hydroxylation is 1. The summed E-state index contributed by atoms with van der Waals surface area (Å²) in [4.78, 5) is 4.44. The van der Waals surface area contributed by atoms with Crippen LogP contribution in [0.15, 0.2) is 0 Å². The van der Waals surface area contributed by atoms with Crippen molar-refractivity contribution in [2.45, 2.75) is 52.0 Å². The van der Waals surface area contributed by atoms with Crippen LogP contribution in [0.25, 0.3) is 0 Å². The average Bonchev–Trinajstić information content (AvgIpc) is 2.69. The molecule has 0 amide bonds. The maximum atomic E-state index is 4.44. The summed E-state index contributed by atoms with van der Waals surface area (Å²) in [5, 5.41) is 4.51. The van der Waals surface area contributed by atoms with Crippen LogP contribution in [0.3, 0.4) is 0 Å². The van der Waals surface area contributed by atoms with Crippen LogP contribution >= 0.6 is 11.5 Å². The molecule has 0 aromatic carbocycles. The molecular formula is C11H19N3S. The lowest BCUT2D eigenvalue weighted by Crippen LogP contribution is -2.25. The number of nitrogens with one attached hydrogen (secondary N) is 1. The molecule has 0 spiro atoms. The summed E-state index contributed by atoms with van der Waals surface area (Å²) in [6, 6.07) is 0.624. The van der Waals surface area contributed by atoms with Crippen LogP contribution in [-0.4, -0.2) is 15.4 Å². The Hall–Kier alpha value is -0.640. The van der Waals surface area contributed by atoms with Gasteiger partial charge in [0.2, 0.25) is 5.13 Å².